The van der Waals surface area contributed by atoms with Gasteiger partial charge in [-0.05, 0) is 38.3 Å². The average Bonchev–Trinajstić information content (AvgIpc) is 2.65. The molecule has 1 aromatic heterocycles. The van der Waals surface area contributed by atoms with Crippen LogP contribution in [0.4, 0.5) is 0 Å². The number of hydrogen-bond donors (Lipinski definition) is 1. The molecule has 1 heterocycles. The highest BCUT2D eigenvalue weighted by Crippen LogP contribution is 2.23. The number of carbonyl (C=O) groups excluding carboxylic acids is 1. The molecule has 1 amide bonds. The molecule has 0 saturated heterocycles. The van der Waals surface area contributed by atoms with E-state index >= 15 is 0 Å². The molecule has 27 heavy (non-hydrogen) atoms. The number of para-hydroxylation sites is 1. The lowest BCUT2D eigenvalue weighted by atomic mass is 9.90. The number of nitrogens with one attached hydrogen (secondary N) is 1. The number of nitrogens with zero attached hydrogens (tertiary/aromatic N) is 3. The summed E-state index contributed by atoms with van der Waals surface area (Å²) >= 11 is 1.22. The van der Waals surface area contributed by atoms with Crippen molar-refractivity contribution in [2.75, 3.05) is 5.75 Å². The van der Waals surface area contributed by atoms with E-state index in [-0.39, 0.29) is 29.2 Å². The molecule has 2 atom stereocenters. The topological polar surface area (TPSA) is 87.8 Å². The molecule has 2 rings (SSSR count). The summed E-state index contributed by atoms with van der Waals surface area (Å²) in [6.45, 7) is 9.47. The molecule has 0 saturated carbocycles. The maximum absolute atomic E-state index is 12.9. The van der Waals surface area contributed by atoms with Crippen LogP contribution in [0.1, 0.15) is 47.1 Å². The highest BCUT2D eigenvalue weighted by molar-refractivity contribution is 7.99. The molecule has 1 N–H and O–H groups in total. The number of aromatic nitrogens is 2. The molecular weight excluding hydrogens is 360 g/mol. The zero-order valence-electron chi connectivity index (χ0n) is 16.4. The smallest absolute Gasteiger partial charge is 0.262 e. The number of benzene rings is 1. The summed E-state index contributed by atoms with van der Waals surface area (Å²) in [6.07, 6.45) is 0.777. The van der Waals surface area contributed by atoms with Gasteiger partial charge in [0.25, 0.3) is 5.56 Å². The number of hydrogen-bond acceptors (Lipinski definition) is 5. The molecule has 0 unspecified atom stereocenters. The molecule has 7 heteroatoms. The quantitative estimate of drug-likeness (QED) is 0.581. The zero-order valence-corrected chi connectivity index (χ0v) is 17.3. The average molecular weight is 387 g/mol. The van der Waals surface area contributed by atoms with Gasteiger partial charge in [-0.1, -0.05) is 44.7 Å². The van der Waals surface area contributed by atoms with Gasteiger partial charge in [0.1, 0.15) is 5.54 Å². The predicted octanol–water partition coefficient (Wildman–Crippen LogP) is 3.51. The van der Waals surface area contributed by atoms with Crippen molar-refractivity contribution in [3.05, 3.63) is 34.6 Å². The monoisotopic (exact) mass is 386 g/mol. The van der Waals surface area contributed by atoms with Crippen LogP contribution in [-0.2, 0) is 4.79 Å². The molecule has 0 radical (unpaired) electrons. The van der Waals surface area contributed by atoms with E-state index in [1.165, 1.54) is 11.8 Å². The van der Waals surface area contributed by atoms with Gasteiger partial charge in [0.2, 0.25) is 5.91 Å². The van der Waals surface area contributed by atoms with Gasteiger partial charge in [-0.2, -0.15) is 5.26 Å². The summed E-state index contributed by atoms with van der Waals surface area (Å²) in [5.74, 6) is -0.185. The first kappa shape index (κ1) is 21.0. The van der Waals surface area contributed by atoms with Crippen LogP contribution in [0.3, 0.4) is 0 Å². The Kier molecular flexibility index (Phi) is 6.66. The van der Waals surface area contributed by atoms with Gasteiger partial charge in [-0.25, -0.2) is 4.98 Å². The summed E-state index contributed by atoms with van der Waals surface area (Å²) in [6, 6.07) is 9.37. The van der Waals surface area contributed by atoms with E-state index in [9.17, 15) is 14.9 Å². The fourth-order valence-corrected chi connectivity index (χ4v) is 3.45. The second kappa shape index (κ2) is 8.57. The van der Waals surface area contributed by atoms with Gasteiger partial charge in [-0.3, -0.25) is 14.2 Å². The summed E-state index contributed by atoms with van der Waals surface area (Å²) in [5.41, 5.74) is -0.402. The van der Waals surface area contributed by atoms with Crippen molar-refractivity contribution in [3.8, 4) is 6.07 Å². The Hall–Kier alpha value is -2.33. The Labute approximate surface area is 164 Å². The van der Waals surface area contributed by atoms with Gasteiger partial charge in [-0.15, -0.1) is 0 Å². The first-order valence-corrected chi connectivity index (χ1v) is 10.1. The molecular formula is C20H26N4O2S. The molecule has 0 aliphatic heterocycles. The minimum absolute atomic E-state index is 0.0199. The van der Waals surface area contributed by atoms with Crippen LogP contribution >= 0.6 is 11.8 Å². The molecule has 0 fully saturated rings. The van der Waals surface area contributed by atoms with E-state index in [1.54, 1.807) is 23.6 Å². The maximum atomic E-state index is 12.9. The fraction of sp³-hybridized carbons (Fsp3) is 0.500. The minimum atomic E-state index is -0.926. The third-order valence-electron chi connectivity index (χ3n) is 4.93. The number of carbonyl (C=O) groups is 1. The lowest BCUT2D eigenvalue weighted by molar-refractivity contribution is -0.120. The second-order valence-corrected chi connectivity index (χ2v) is 8.09. The van der Waals surface area contributed by atoms with Gasteiger partial charge in [0.05, 0.1) is 22.7 Å². The molecule has 144 valence electrons. The Morgan fingerprint density at radius 3 is 2.63 bits per heavy atom. The predicted molar refractivity (Wildman–Crippen MR) is 109 cm³/mol. The van der Waals surface area contributed by atoms with Crippen molar-refractivity contribution in [2.45, 2.75) is 57.8 Å². The normalized spacial score (nSPS) is 14.6. The van der Waals surface area contributed by atoms with E-state index in [1.807, 2.05) is 39.8 Å². The van der Waals surface area contributed by atoms with Crippen molar-refractivity contribution in [1.29, 1.82) is 5.26 Å². The van der Waals surface area contributed by atoms with E-state index in [0.29, 0.717) is 16.1 Å². The number of thioether (sulfide) groups is 1. The number of nitriles is 1. The van der Waals surface area contributed by atoms with Crippen LogP contribution in [-0.4, -0.2) is 26.8 Å². The van der Waals surface area contributed by atoms with E-state index in [2.05, 4.69) is 16.4 Å². The Bertz CT molecular complexity index is 932. The first-order valence-electron chi connectivity index (χ1n) is 9.09. The molecule has 1 aromatic carbocycles. The molecule has 0 aliphatic rings. The number of rotatable bonds is 7. The van der Waals surface area contributed by atoms with Gasteiger partial charge in [0.15, 0.2) is 5.16 Å². The van der Waals surface area contributed by atoms with Crippen molar-refractivity contribution >= 4 is 28.6 Å². The van der Waals surface area contributed by atoms with Crippen LogP contribution < -0.4 is 10.9 Å². The minimum Gasteiger partial charge on any atom is -0.337 e. The van der Waals surface area contributed by atoms with Gasteiger partial charge >= 0.3 is 0 Å². The number of fused-ring (bicyclic) bond motifs is 1. The maximum Gasteiger partial charge on any atom is 0.262 e. The fourth-order valence-electron chi connectivity index (χ4n) is 2.56. The first-order chi connectivity index (χ1) is 12.7. The summed E-state index contributed by atoms with van der Waals surface area (Å²) in [7, 11) is 0. The van der Waals surface area contributed by atoms with Crippen molar-refractivity contribution in [3.63, 3.8) is 0 Å². The molecule has 2 aromatic rings. The summed E-state index contributed by atoms with van der Waals surface area (Å²) in [5, 5.41) is 13.2. The van der Waals surface area contributed by atoms with Crippen molar-refractivity contribution in [1.82, 2.24) is 14.9 Å². The Balaban J connectivity index is 2.32. The largest absolute Gasteiger partial charge is 0.337 e. The lowest BCUT2D eigenvalue weighted by Gasteiger charge is -2.27. The van der Waals surface area contributed by atoms with Crippen molar-refractivity contribution in [2.24, 2.45) is 5.92 Å². The molecule has 0 aliphatic carbocycles. The summed E-state index contributed by atoms with van der Waals surface area (Å²) in [4.78, 5) is 29.9. The van der Waals surface area contributed by atoms with E-state index in [0.717, 1.165) is 6.42 Å². The Morgan fingerprint density at radius 2 is 2.04 bits per heavy atom. The standard InChI is InChI=1S/C20H26N4O2S/c1-6-14(4)24-18(26)15-9-7-8-10-16(15)22-19(24)27-11-17(25)23-20(5,12-21)13(2)3/h7-10,13-14H,6,11H2,1-5H3,(H,23,25)/t14-,20+/m1/s1. The van der Waals surface area contributed by atoms with Crippen LogP contribution in [0.2, 0.25) is 0 Å². The molecule has 0 spiro atoms. The van der Waals surface area contributed by atoms with Gasteiger partial charge in [0, 0.05) is 6.04 Å². The van der Waals surface area contributed by atoms with Crippen molar-refractivity contribution < 1.29 is 4.79 Å². The van der Waals surface area contributed by atoms with Gasteiger partial charge < -0.3 is 5.32 Å². The van der Waals surface area contributed by atoms with Crippen LogP contribution in [0, 0.1) is 17.2 Å². The highest BCUT2D eigenvalue weighted by atomic mass is 32.2. The third-order valence-corrected chi connectivity index (χ3v) is 5.88. The lowest BCUT2D eigenvalue weighted by Crippen LogP contribution is -2.49. The summed E-state index contributed by atoms with van der Waals surface area (Å²) < 4.78 is 1.66. The second-order valence-electron chi connectivity index (χ2n) is 7.15. The van der Waals surface area contributed by atoms with E-state index in [4.69, 9.17) is 0 Å². The van der Waals surface area contributed by atoms with Crippen LogP contribution in [0.25, 0.3) is 10.9 Å². The van der Waals surface area contributed by atoms with Crippen LogP contribution in [0.5, 0.6) is 0 Å². The zero-order chi connectivity index (χ0) is 20.2. The number of amides is 1. The highest BCUT2D eigenvalue weighted by Gasteiger charge is 2.30. The van der Waals surface area contributed by atoms with E-state index < -0.39 is 5.54 Å². The molecule has 6 nitrogen and oxygen atoms in total. The third kappa shape index (κ3) is 4.51. The Morgan fingerprint density at radius 1 is 1.37 bits per heavy atom. The molecule has 0 bridgehead atoms. The SMILES string of the molecule is CC[C@@H](C)n1c(SCC(=O)N[C@@](C)(C#N)C(C)C)nc2ccccc2c1=O. The van der Waals surface area contributed by atoms with Crippen LogP contribution in [0.15, 0.2) is 34.2 Å².